The molecule has 0 aliphatic rings. The van der Waals surface area contributed by atoms with E-state index in [1.54, 1.807) is 19.1 Å². The van der Waals surface area contributed by atoms with Gasteiger partial charge in [-0.25, -0.2) is 0 Å². The molecule has 0 saturated carbocycles. The molecule has 1 heterocycles. The van der Waals surface area contributed by atoms with Crippen molar-refractivity contribution in [3.8, 4) is 5.75 Å². The topological polar surface area (TPSA) is 64.4 Å². The van der Waals surface area contributed by atoms with Crippen molar-refractivity contribution in [3.63, 3.8) is 0 Å². The number of carbonyl (C=O) groups excluding carboxylic acids is 1. The third-order valence-electron chi connectivity index (χ3n) is 4.40. The lowest BCUT2D eigenvalue weighted by Gasteiger charge is -2.12. The first kappa shape index (κ1) is 19.0. The zero-order valence-corrected chi connectivity index (χ0v) is 16.5. The summed E-state index contributed by atoms with van der Waals surface area (Å²) in [7, 11) is 0. The van der Waals surface area contributed by atoms with E-state index < -0.39 is 0 Å². The summed E-state index contributed by atoms with van der Waals surface area (Å²) in [5.41, 5.74) is 4.42. The lowest BCUT2D eigenvalue weighted by molar-refractivity contribution is 0.101. The smallest absolute Gasteiger partial charge is 0.278 e. The first-order valence-electron chi connectivity index (χ1n) is 8.58. The summed E-state index contributed by atoms with van der Waals surface area (Å²) in [6.45, 7) is 7.82. The summed E-state index contributed by atoms with van der Waals surface area (Å²) in [6, 6.07) is 11.3. The second-order valence-electron chi connectivity index (χ2n) is 6.49. The monoisotopic (exact) mass is 384 g/mol. The minimum absolute atomic E-state index is 0.193. The van der Waals surface area contributed by atoms with E-state index in [-0.39, 0.29) is 18.2 Å². The van der Waals surface area contributed by atoms with Gasteiger partial charge in [-0.05, 0) is 56.5 Å². The van der Waals surface area contributed by atoms with E-state index >= 15 is 0 Å². The minimum Gasteiger partial charge on any atom is -0.488 e. The molecule has 5 nitrogen and oxygen atoms in total. The first-order valence-corrected chi connectivity index (χ1v) is 8.96. The molecule has 1 N–H and O–H groups in total. The van der Waals surface area contributed by atoms with Crippen molar-refractivity contribution in [2.45, 2.75) is 34.3 Å². The summed E-state index contributed by atoms with van der Waals surface area (Å²) < 4.78 is 11.2. The molecule has 2 aromatic carbocycles. The fourth-order valence-electron chi connectivity index (χ4n) is 2.77. The molecule has 1 amide bonds. The number of benzene rings is 2. The Morgan fingerprint density at radius 1 is 1.11 bits per heavy atom. The summed E-state index contributed by atoms with van der Waals surface area (Å²) in [4.78, 5) is 12.7. The molecular formula is C21H21ClN2O3. The number of hydrogen-bond acceptors (Lipinski definition) is 4. The van der Waals surface area contributed by atoms with Gasteiger partial charge in [0.2, 0.25) is 0 Å². The molecule has 0 unspecified atom stereocenters. The predicted octanol–water partition coefficient (Wildman–Crippen LogP) is 5.39. The van der Waals surface area contributed by atoms with E-state index in [0.29, 0.717) is 22.0 Å². The third kappa shape index (κ3) is 4.14. The Labute approximate surface area is 163 Å². The number of carbonyl (C=O) groups is 1. The van der Waals surface area contributed by atoms with Gasteiger partial charge in [0.25, 0.3) is 5.91 Å². The van der Waals surface area contributed by atoms with Crippen LogP contribution in [0.3, 0.4) is 0 Å². The van der Waals surface area contributed by atoms with Crippen LogP contribution < -0.4 is 10.1 Å². The van der Waals surface area contributed by atoms with Crippen molar-refractivity contribution in [1.29, 1.82) is 0 Å². The third-order valence-corrected chi connectivity index (χ3v) is 4.81. The normalized spacial score (nSPS) is 10.7. The van der Waals surface area contributed by atoms with Gasteiger partial charge >= 0.3 is 0 Å². The molecule has 140 valence electrons. The highest BCUT2D eigenvalue weighted by Crippen LogP contribution is 2.26. The van der Waals surface area contributed by atoms with E-state index in [4.69, 9.17) is 20.9 Å². The predicted molar refractivity (Wildman–Crippen MR) is 106 cm³/mol. The van der Waals surface area contributed by atoms with Crippen LogP contribution in [0.15, 0.2) is 40.9 Å². The van der Waals surface area contributed by atoms with Crippen LogP contribution in [0.5, 0.6) is 5.75 Å². The van der Waals surface area contributed by atoms with E-state index in [1.165, 1.54) is 0 Å². The number of aryl methyl sites for hydroxylation is 4. The lowest BCUT2D eigenvalue weighted by atomic mass is 10.1. The molecule has 0 saturated heterocycles. The van der Waals surface area contributed by atoms with Gasteiger partial charge in [0.15, 0.2) is 5.69 Å². The molecule has 3 rings (SSSR count). The van der Waals surface area contributed by atoms with Gasteiger partial charge in [0, 0.05) is 10.7 Å². The van der Waals surface area contributed by atoms with E-state index in [0.717, 1.165) is 22.4 Å². The number of rotatable bonds is 5. The van der Waals surface area contributed by atoms with Crippen LogP contribution in [0.4, 0.5) is 5.69 Å². The molecule has 3 aromatic rings. The maximum absolute atomic E-state index is 12.7. The van der Waals surface area contributed by atoms with E-state index in [2.05, 4.69) is 10.5 Å². The van der Waals surface area contributed by atoms with Crippen molar-refractivity contribution in [3.05, 3.63) is 75.1 Å². The molecule has 1 aromatic heterocycles. The number of hydrogen-bond donors (Lipinski definition) is 1. The number of aromatic nitrogens is 1. The average Bonchev–Trinajstić information content (AvgIpc) is 2.99. The highest BCUT2D eigenvalue weighted by molar-refractivity contribution is 6.31. The van der Waals surface area contributed by atoms with Gasteiger partial charge < -0.3 is 14.6 Å². The molecule has 0 aliphatic carbocycles. The van der Waals surface area contributed by atoms with Crippen LogP contribution in [0.2, 0.25) is 5.02 Å². The Morgan fingerprint density at radius 3 is 2.48 bits per heavy atom. The number of nitrogens with zero attached hydrogens (tertiary/aromatic N) is 1. The maximum atomic E-state index is 12.7. The van der Waals surface area contributed by atoms with Crippen molar-refractivity contribution >= 4 is 23.2 Å². The largest absolute Gasteiger partial charge is 0.488 e. The van der Waals surface area contributed by atoms with Crippen LogP contribution in [0.25, 0.3) is 0 Å². The molecule has 0 radical (unpaired) electrons. The second-order valence-corrected chi connectivity index (χ2v) is 6.90. The fourth-order valence-corrected chi connectivity index (χ4v) is 2.95. The zero-order valence-electron chi connectivity index (χ0n) is 15.7. The summed E-state index contributed by atoms with van der Waals surface area (Å²) in [6.07, 6.45) is 0. The van der Waals surface area contributed by atoms with Gasteiger partial charge in [0.1, 0.15) is 18.1 Å². The van der Waals surface area contributed by atoms with Crippen LogP contribution in [0.1, 0.15) is 38.5 Å². The van der Waals surface area contributed by atoms with Crippen LogP contribution in [0, 0.1) is 27.7 Å². The zero-order chi connectivity index (χ0) is 19.6. The Hall–Kier alpha value is -2.79. The molecule has 6 heteroatoms. The van der Waals surface area contributed by atoms with Crippen molar-refractivity contribution in [1.82, 2.24) is 5.16 Å². The van der Waals surface area contributed by atoms with Gasteiger partial charge in [-0.1, -0.05) is 41.0 Å². The minimum atomic E-state index is -0.369. The number of halogens is 1. The average molecular weight is 385 g/mol. The van der Waals surface area contributed by atoms with Crippen molar-refractivity contribution in [2.24, 2.45) is 0 Å². The SMILES string of the molecule is Cc1ccc(NC(=O)c2noc(C)c2COc2c(C)cccc2C)cc1Cl. The Balaban J connectivity index is 1.79. The molecule has 27 heavy (non-hydrogen) atoms. The number of para-hydroxylation sites is 1. The van der Waals surface area contributed by atoms with Crippen molar-refractivity contribution in [2.75, 3.05) is 5.32 Å². The van der Waals surface area contributed by atoms with Gasteiger partial charge in [-0.15, -0.1) is 0 Å². The Morgan fingerprint density at radius 2 is 1.81 bits per heavy atom. The molecule has 0 atom stereocenters. The number of amides is 1. The summed E-state index contributed by atoms with van der Waals surface area (Å²) >= 11 is 6.12. The number of anilines is 1. The van der Waals surface area contributed by atoms with E-state index in [9.17, 15) is 4.79 Å². The summed E-state index contributed by atoms with van der Waals surface area (Å²) in [5.74, 6) is 0.981. The van der Waals surface area contributed by atoms with Crippen molar-refractivity contribution < 1.29 is 14.1 Å². The number of ether oxygens (including phenoxy) is 1. The molecule has 0 aliphatic heterocycles. The maximum Gasteiger partial charge on any atom is 0.278 e. The highest BCUT2D eigenvalue weighted by Gasteiger charge is 2.21. The number of nitrogens with one attached hydrogen (secondary N) is 1. The Kier molecular flexibility index (Phi) is 5.51. The van der Waals surface area contributed by atoms with Gasteiger partial charge in [-0.2, -0.15) is 0 Å². The summed E-state index contributed by atoms with van der Waals surface area (Å²) in [5, 5.41) is 7.29. The van der Waals surface area contributed by atoms with Crippen LogP contribution in [-0.4, -0.2) is 11.1 Å². The van der Waals surface area contributed by atoms with Gasteiger partial charge in [0.05, 0.1) is 5.56 Å². The lowest BCUT2D eigenvalue weighted by Crippen LogP contribution is -2.15. The standard InChI is InChI=1S/C21H21ClN2O3/c1-12-8-9-16(10-18(12)22)23-21(25)19-17(15(4)27-24-19)11-26-20-13(2)6-5-7-14(20)3/h5-10H,11H2,1-4H3,(H,23,25). The second kappa shape index (κ2) is 7.84. The van der Waals surface area contributed by atoms with Gasteiger partial charge in [-0.3, -0.25) is 4.79 Å². The fraction of sp³-hybridized carbons (Fsp3) is 0.238. The first-order chi connectivity index (χ1) is 12.9. The molecule has 0 bridgehead atoms. The van der Waals surface area contributed by atoms with Crippen LogP contribution in [-0.2, 0) is 6.61 Å². The van der Waals surface area contributed by atoms with Crippen LogP contribution >= 0.6 is 11.6 Å². The molecule has 0 spiro atoms. The quantitative estimate of drug-likeness (QED) is 0.640. The van der Waals surface area contributed by atoms with E-state index in [1.807, 2.05) is 45.0 Å². The molecule has 0 fully saturated rings. The highest BCUT2D eigenvalue weighted by atomic mass is 35.5. The Bertz CT molecular complexity index is 975. The molecular weight excluding hydrogens is 364 g/mol.